The number of carbonyl (C=O) groups is 2. The van der Waals surface area contributed by atoms with Crippen LogP contribution >= 0.6 is 0 Å². The monoisotopic (exact) mass is 326 g/mol. The van der Waals surface area contributed by atoms with E-state index in [1.165, 1.54) is 10.1 Å². The summed E-state index contributed by atoms with van der Waals surface area (Å²) >= 11 is 0. The van der Waals surface area contributed by atoms with Gasteiger partial charge in [-0.25, -0.2) is 0 Å². The molecule has 0 saturated carbocycles. The van der Waals surface area contributed by atoms with Gasteiger partial charge in [0.2, 0.25) is 11.8 Å². The van der Waals surface area contributed by atoms with E-state index in [0.717, 1.165) is 11.8 Å². The van der Waals surface area contributed by atoms with Gasteiger partial charge in [0.1, 0.15) is 6.04 Å². The number of nitrogens with zero attached hydrogens (tertiary/aromatic N) is 1. The Kier molecular flexibility index (Phi) is 4.03. The van der Waals surface area contributed by atoms with Gasteiger partial charge in [0.05, 0.1) is 0 Å². The van der Waals surface area contributed by atoms with Crippen LogP contribution in [0.15, 0.2) is 35.3 Å². The molecule has 1 aromatic heterocycles. The third-order valence-electron chi connectivity index (χ3n) is 5.14. The van der Waals surface area contributed by atoms with Crippen molar-refractivity contribution >= 4 is 22.6 Å². The van der Waals surface area contributed by atoms with Gasteiger partial charge in [-0.05, 0) is 41.3 Å². The van der Waals surface area contributed by atoms with Crippen molar-refractivity contribution in [1.29, 1.82) is 0 Å². The molecule has 3 rings (SSSR count). The minimum absolute atomic E-state index is 0.0483. The van der Waals surface area contributed by atoms with E-state index < -0.39 is 11.9 Å². The number of piperidine rings is 1. The summed E-state index contributed by atoms with van der Waals surface area (Å²) in [5, 5.41) is 3.77. The standard InChI is InChI=1S/C19H22N2O3/c1-4-19(2,3)13-5-6-14-12(11-13)9-10-21(18(14)24)15-7-8-16(22)20-17(15)23/h5-6,9-11,15H,4,7-8H2,1-3H3,(H,20,22,23). The average molecular weight is 326 g/mol. The number of rotatable bonds is 3. The average Bonchev–Trinajstić information content (AvgIpc) is 2.56. The lowest BCUT2D eigenvalue weighted by Gasteiger charge is -2.25. The number of hydrogen-bond acceptors (Lipinski definition) is 3. The maximum atomic E-state index is 12.8. The van der Waals surface area contributed by atoms with E-state index in [1.54, 1.807) is 6.20 Å². The Bertz CT molecular complexity index is 880. The van der Waals surface area contributed by atoms with Gasteiger partial charge in [0, 0.05) is 18.0 Å². The van der Waals surface area contributed by atoms with Crippen molar-refractivity contribution in [2.45, 2.75) is 51.5 Å². The van der Waals surface area contributed by atoms with E-state index >= 15 is 0 Å². The van der Waals surface area contributed by atoms with Crippen molar-refractivity contribution < 1.29 is 9.59 Å². The number of fused-ring (bicyclic) bond motifs is 1. The van der Waals surface area contributed by atoms with Gasteiger partial charge >= 0.3 is 0 Å². The first-order chi connectivity index (χ1) is 11.3. The highest BCUT2D eigenvalue weighted by Gasteiger charge is 2.29. The van der Waals surface area contributed by atoms with Gasteiger partial charge in [-0.15, -0.1) is 0 Å². The first kappa shape index (κ1) is 16.4. The quantitative estimate of drug-likeness (QED) is 0.882. The predicted octanol–water partition coefficient (Wildman–Crippen LogP) is 2.67. The van der Waals surface area contributed by atoms with E-state index in [-0.39, 0.29) is 23.3 Å². The molecule has 5 heteroatoms. The molecule has 1 aliphatic heterocycles. The molecule has 0 radical (unpaired) electrons. The van der Waals surface area contributed by atoms with Crippen LogP contribution in [-0.2, 0) is 15.0 Å². The second-order valence-electron chi connectivity index (χ2n) is 7.03. The van der Waals surface area contributed by atoms with E-state index in [0.29, 0.717) is 11.8 Å². The number of pyridine rings is 1. The summed E-state index contributed by atoms with van der Waals surface area (Å²) in [5.41, 5.74) is 1.05. The highest BCUT2D eigenvalue weighted by atomic mass is 16.2. The second kappa shape index (κ2) is 5.89. The second-order valence-corrected chi connectivity index (χ2v) is 7.03. The molecule has 24 heavy (non-hydrogen) atoms. The van der Waals surface area contributed by atoms with Crippen molar-refractivity contribution in [2.24, 2.45) is 0 Å². The van der Waals surface area contributed by atoms with Gasteiger partial charge in [-0.1, -0.05) is 32.9 Å². The van der Waals surface area contributed by atoms with Crippen LogP contribution in [0.1, 0.15) is 51.6 Å². The molecule has 1 aromatic carbocycles. The molecule has 1 aliphatic rings. The first-order valence-corrected chi connectivity index (χ1v) is 8.32. The molecule has 2 amide bonds. The van der Waals surface area contributed by atoms with E-state index in [1.807, 2.05) is 18.2 Å². The number of benzene rings is 1. The SMILES string of the molecule is CCC(C)(C)c1ccc2c(=O)n(C3CCC(=O)NC3=O)ccc2c1. The van der Waals surface area contributed by atoms with Crippen LogP contribution < -0.4 is 10.9 Å². The minimum atomic E-state index is -0.619. The van der Waals surface area contributed by atoms with Crippen LogP contribution in [0.2, 0.25) is 0 Å². The summed E-state index contributed by atoms with van der Waals surface area (Å²) in [6.45, 7) is 6.50. The minimum Gasteiger partial charge on any atom is -0.302 e. The van der Waals surface area contributed by atoms with Crippen LogP contribution in [0.3, 0.4) is 0 Å². The number of imide groups is 1. The third-order valence-corrected chi connectivity index (χ3v) is 5.14. The Morgan fingerprint density at radius 3 is 2.62 bits per heavy atom. The highest BCUT2D eigenvalue weighted by Crippen LogP contribution is 2.29. The molecular formula is C19H22N2O3. The van der Waals surface area contributed by atoms with Crippen LogP contribution in [-0.4, -0.2) is 16.4 Å². The molecule has 1 N–H and O–H groups in total. The number of nitrogens with one attached hydrogen (secondary N) is 1. The van der Waals surface area contributed by atoms with Gasteiger partial charge in [-0.2, -0.15) is 0 Å². The fourth-order valence-electron chi connectivity index (χ4n) is 3.08. The summed E-state index contributed by atoms with van der Waals surface area (Å²) in [6, 6.07) is 7.13. The lowest BCUT2D eigenvalue weighted by Crippen LogP contribution is -2.44. The molecule has 126 valence electrons. The van der Waals surface area contributed by atoms with Crippen LogP contribution in [0.25, 0.3) is 10.8 Å². The summed E-state index contributed by atoms with van der Waals surface area (Å²) in [7, 11) is 0. The number of carbonyl (C=O) groups excluding carboxylic acids is 2. The Balaban J connectivity index is 2.06. The van der Waals surface area contributed by atoms with Crippen molar-refractivity contribution in [2.75, 3.05) is 0 Å². The zero-order valence-corrected chi connectivity index (χ0v) is 14.3. The normalized spacial score (nSPS) is 18.7. The van der Waals surface area contributed by atoms with Gasteiger partial charge in [-0.3, -0.25) is 19.7 Å². The summed E-state index contributed by atoms with van der Waals surface area (Å²) in [6.07, 6.45) is 3.28. The number of aromatic nitrogens is 1. The summed E-state index contributed by atoms with van der Waals surface area (Å²) in [4.78, 5) is 36.1. The Morgan fingerprint density at radius 2 is 1.96 bits per heavy atom. The van der Waals surface area contributed by atoms with Crippen molar-refractivity contribution in [3.05, 3.63) is 46.4 Å². The van der Waals surface area contributed by atoms with E-state index in [4.69, 9.17) is 0 Å². The van der Waals surface area contributed by atoms with Crippen molar-refractivity contribution in [1.82, 2.24) is 9.88 Å². The van der Waals surface area contributed by atoms with Crippen LogP contribution in [0, 0.1) is 0 Å². The topological polar surface area (TPSA) is 68.2 Å². The molecule has 2 aromatic rings. The van der Waals surface area contributed by atoms with Crippen molar-refractivity contribution in [3.8, 4) is 0 Å². The van der Waals surface area contributed by atoms with Crippen LogP contribution in [0.5, 0.6) is 0 Å². The Labute approximate surface area is 140 Å². The molecule has 1 atom stereocenters. The molecule has 0 spiro atoms. The summed E-state index contributed by atoms with van der Waals surface area (Å²) in [5.74, 6) is -0.687. The largest absolute Gasteiger partial charge is 0.302 e. The fraction of sp³-hybridized carbons (Fsp3) is 0.421. The third kappa shape index (κ3) is 2.75. The molecule has 0 aliphatic carbocycles. The molecule has 1 unspecified atom stereocenters. The van der Waals surface area contributed by atoms with Gasteiger partial charge < -0.3 is 4.57 Å². The van der Waals surface area contributed by atoms with Gasteiger partial charge in [0.15, 0.2) is 0 Å². The van der Waals surface area contributed by atoms with Crippen molar-refractivity contribution in [3.63, 3.8) is 0 Å². The smallest absolute Gasteiger partial charge is 0.259 e. The van der Waals surface area contributed by atoms with E-state index in [2.05, 4.69) is 32.2 Å². The fourth-order valence-corrected chi connectivity index (χ4v) is 3.08. The summed E-state index contributed by atoms with van der Waals surface area (Å²) < 4.78 is 1.44. The molecule has 0 bridgehead atoms. The van der Waals surface area contributed by atoms with E-state index in [9.17, 15) is 14.4 Å². The van der Waals surface area contributed by atoms with Gasteiger partial charge in [0.25, 0.3) is 5.56 Å². The van der Waals surface area contributed by atoms with Crippen LogP contribution in [0.4, 0.5) is 0 Å². The maximum absolute atomic E-state index is 12.8. The Hall–Kier alpha value is -2.43. The number of amides is 2. The molecule has 1 fully saturated rings. The maximum Gasteiger partial charge on any atom is 0.259 e. The lowest BCUT2D eigenvalue weighted by molar-refractivity contribution is -0.135. The number of hydrogen-bond donors (Lipinski definition) is 1. The molecular weight excluding hydrogens is 304 g/mol. The highest BCUT2D eigenvalue weighted by molar-refractivity contribution is 5.99. The molecule has 1 saturated heterocycles. The predicted molar refractivity (Wildman–Crippen MR) is 92.9 cm³/mol. The lowest BCUT2D eigenvalue weighted by atomic mass is 9.81. The molecule has 5 nitrogen and oxygen atoms in total. The molecule has 2 heterocycles. The zero-order valence-electron chi connectivity index (χ0n) is 14.3. The Morgan fingerprint density at radius 1 is 1.21 bits per heavy atom. The zero-order chi connectivity index (χ0) is 17.5. The first-order valence-electron chi connectivity index (χ1n) is 8.32.